The fourth-order valence-electron chi connectivity index (χ4n) is 8.82. The Labute approximate surface area is 358 Å². The van der Waals surface area contributed by atoms with Crippen LogP contribution in [0.1, 0.15) is 102 Å². The number of nitrogens with zero attached hydrogens (tertiary/aromatic N) is 5. The molecule has 6 amide bonds. The molecule has 0 radical (unpaired) electrons. The van der Waals surface area contributed by atoms with Crippen LogP contribution in [0, 0.1) is 5.92 Å². The second-order valence-electron chi connectivity index (χ2n) is 16.5. The summed E-state index contributed by atoms with van der Waals surface area (Å²) in [4.78, 5) is 87.4. The minimum Gasteiger partial charge on any atom is -0.385 e. The van der Waals surface area contributed by atoms with Gasteiger partial charge in [-0.25, -0.2) is 0 Å². The van der Waals surface area contributed by atoms with Crippen LogP contribution < -0.4 is 20.9 Å². The number of imide groups is 1. The average molecular weight is 831 g/mol. The van der Waals surface area contributed by atoms with Crippen LogP contribution in [0.15, 0.2) is 73.1 Å². The summed E-state index contributed by atoms with van der Waals surface area (Å²) in [6.07, 6.45) is 15.5. The SMILES string of the molecule is O=C(/C=C/c1cccnc1)NCCCCC1CCN(C(=O)c2ccc(N3CCN(C(=O)CCCCCNc4cccc5c4CN(C4CCC(=O)NC4=O)C5=O)CC3)cc2)CC1. The Kier molecular flexibility index (Phi) is 14.8. The maximum absolute atomic E-state index is 13.3. The monoisotopic (exact) mass is 830 g/mol. The summed E-state index contributed by atoms with van der Waals surface area (Å²) < 4.78 is 0. The number of nitrogens with one attached hydrogen (secondary N) is 3. The number of piperazine rings is 1. The molecular formula is C47H58N8O6. The summed E-state index contributed by atoms with van der Waals surface area (Å²) >= 11 is 0. The van der Waals surface area contributed by atoms with Gasteiger partial charge in [-0.3, -0.25) is 39.1 Å². The fourth-order valence-corrected chi connectivity index (χ4v) is 8.82. The van der Waals surface area contributed by atoms with Gasteiger partial charge in [0.05, 0.1) is 0 Å². The van der Waals surface area contributed by atoms with Crippen molar-refractivity contribution in [1.82, 2.24) is 30.3 Å². The summed E-state index contributed by atoms with van der Waals surface area (Å²) in [5.41, 5.74) is 5.00. The van der Waals surface area contributed by atoms with E-state index >= 15 is 0 Å². The number of hydrogen-bond donors (Lipinski definition) is 3. The molecule has 14 heteroatoms. The van der Waals surface area contributed by atoms with Crippen LogP contribution in [0.2, 0.25) is 0 Å². The van der Waals surface area contributed by atoms with Crippen molar-refractivity contribution in [3.63, 3.8) is 0 Å². The maximum atomic E-state index is 13.3. The maximum Gasteiger partial charge on any atom is 0.255 e. The Hall–Kier alpha value is -6.05. The number of carbonyl (C=O) groups excluding carboxylic acids is 6. The predicted octanol–water partition coefficient (Wildman–Crippen LogP) is 5.02. The Morgan fingerprint density at radius 1 is 0.803 bits per heavy atom. The molecule has 1 atom stereocenters. The molecule has 5 heterocycles. The van der Waals surface area contributed by atoms with E-state index < -0.39 is 11.9 Å². The smallest absolute Gasteiger partial charge is 0.255 e. The van der Waals surface area contributed by atoms with E-state index in [1.807, 2.05) is 58.3 Å². The van der Waals surface area contributed by atoms with Crippen LogP contribution in [0.3, 0.4) is 0 Å². The number of likely N-dealkylation sites (tertiary alicyclic amines) is 1. The van der Waals surface area contributed by atoms with Crippen LogP contribution in [-0.4, -0.2) is 114 Å². The topological polar surface area (TPSA) is 164 Å². The van der Waals surface area contributed by atoms with E-state index in [4.69, 9.17) is 0 Å². The molecule has 0 saturated carbocycles. The molecular weight excluding hydrogens is 773 g/mol. The van der Waals surface area contributed by atoms with Gasteiger partial charge < -0.3 is 30.2 Å². The molecule has 0 spiro atoms. The van der Waals surface area contributed by atoms with Crippen molar-refractivity contribution in [1.29, 1.82) is 0 Å². The number of rotatable bonds is 17. The summed E-state index contributed by atoms with van der Waals surface area (Å²) in [7, 11) is 0. The van der Waals surface area contributed by atoms with Crippen LogP contribution in [0.25, 0.3) is 6.08 Å². The van der Waals surface area contributed by atoms with Gasteiger partial charge in [0.15, 0.2) is 0 Å². The number of piperidine rings is 2. The molecule has 3 aromatic rings. The number of pyridine rings is 1. The van der Waals surface area contributed by atoms with Gasteiger partial charge in [0, 0.05) is 118 Å². The zero-order valence-corrected chi connectivity index (χ0v) is 35.0. The third-order valence-corrected chi connectivity index (χ3v) is 12.4. The minimum atomic E-state index is -0.639. The van der Waals surface area contributed by atoms with Crippen LogP contribution in [0.5, 0.6) is 0 Å². The lowest BCUT2D eigenvalue weighted by Gasteiger charge is -2.36. The first-order valence-corrected chi connectivity index (χ1v) is 22.0. The number of benzene rings is 2. The van der Waals surface area contributed by atoms with E-state index in [2.05, 4.69) is 25.8 Å². The number of anilines is 2. The Morgan fingerprint density at radius 2 is 1.59 bits per heavy atom. The first-order valence-electron chi connectivity index (χ1n) is 22.0. The van der Waals surface area contributed by atoms with Gasteiger partial charge in [-0.2, -0.15) is 0 Å². The normalized spacial score (nSPS) is 18.4. The molecule has 7 rings (SSSR count). The van der Waals surface area contributed by atoms with Crippen molar-refractivity contribution in [2.24, 2.45) is 5.92 Å². The number of fused-ring (bicyclic) bond motifs is 1. The highest BCUT2D eigenvalue weighted by Crippen LogP contribution is 2.32. The molecule has 2 aromatic carbocycles. The predicted molar refractivity (Wildman–Crippen MR) is 233 cm³/mol. The first-order chi connectivity index (χ1) is 29.7. The number of hydrogen-bond acceptors (Lipinski definition) is 9. The zero-order chi connectivity index (χ0) is 42.6. The van der Waals surface area contributed by atoms with Crippen molar-refractivity contribution in [2.75, 3.05) is 62.6 Å². The largest absolute Gasteiger partial charge is 0.385 e. The van der Waals surface area contributed by atoms with Gasteiger partial charge in [-0.15, -0.1) is 0 Å². The molecule has 0 aliphatic carbocycles. The molecule has 3 N–H and O–H groups in total. The fraction of sp³-hybridized carbons (Fsp3) is 0.468. The van der Waals surface area contributed by atoms with E-state index in [1.165, 1.54) is 0 Å². The third-order valence-electron chi connectivity index (χ3n) is 12.4. The summed E-state index contributed by atoms with van der Waals surface area (Å²) in [6, 6.07) is 16.6. The quantitative estimate of drug-likeness (QED) is 0.0964. The molecule has 14 nitrogen and oxygen atoms in total. The van der Waals surface area contributed by atoms with E-state index in [0.29, 0.717) is 62.6 Å². The molecule has 61 heavy (non-hydrogen) atoms. The van der Waals surface area contributed by atoms with Crippen LogP contribution in [-0.2, 0) is 25.7 Å². The van der Waals surface area contributed by atoms with E-state index in [1.54, 1.807) is 35.5 Å². The Bertz CT molecular complexity index is 2060. The number of amides is 6. The Balaban J connectivity index is 0.739. The van der Waals surface area contributed by atoms with Crippen LogP contribution in [0.4, 0.5) is 11.4 Å². The lowest BCUT2D eigenvalue weighted by molar-refractivity contribution is -0.137. The van der Waals surface area contributed by atoms with E-state index in [9.17, 15) is 28.8 Å². The number of carbonyl (C=O) groups is 6. The van der Waals surface area contributed by atoms with Gasteiger partial charge in [0.1, 0.15) is 6.04 Å². The first kappa shape index (κ1) is 43.1. The molecule has 4 aliphatic rings. The highest BCUT2D eigenvalue weighted by molar-refractivity contribution is 6.06. The van der Waals surface area contributed by atoms with Gasteiger partial charge in [-0.1, -0.05) is 31.4 Å². The van der Waals surface area contributed by atoms with Crippen molar-refractivity contribution in [3.8, 4) is 0 Å². The van der Waals surface area contributed by atoms with Gasteiger partial charge in [0.25, 0.3) is 11.8 Å². The van der Waals surface area contributed by atoms with Crippen LogP contribution >= 0.6 is 0 Å². The van der Waals surface area contributed by atoms with Crippen molar-refractivity contribution < 1.29 is 28.8 Å². The Morgan fingerprint density at radius 3 is 2.34 bits per heavy atom. The summed E-state index contributed by atoms with van der Waals surface area (Å²) in [6.45, 7) is 6.05. The molecule has 1 aromatic heterocycles. The van der Waals surface area contributed by atoms with Crippen molar-refractivity contribution >= 4 is 52.9 Å². The van der Waals surface area contributed by atoms with E-state index in [0.717, 1.165) is 100 Å². The molecule has 4 aliphatic heterocycles. The highest BCUT2D eigenvalue weighted by Gasteiger charge is 2.40. The standard InChI is InChI=1S/C47H58N8O6/c56-42(19-13-35-9-7-23-48-32-35)50-25-5-3-8-34-21-26-54(27-22-34)46(60)36-14-16-37(17-15-36)52-28-30-53(31-29-52)44(58)12-2-1-4-24-49-40-11-6-10-38-39(40)33-55(47(38)61)41-18-20-43(57)51-45(41)59/h6-7,9-11,13-17,19,23,32,34,41,49H,1-5,8,12,18,20-22,24-31,33H2,(H,50,56)(H,51,57,59)/b19-13+. The summed E-state index contributed by atoms with van der Waals surface area (Å²) in [5, 5.41) is 8.76. The molecule has 0 bridgehead atoms. The zero-order valence-electron chi connectivity index (χ0n) is 35.0. The average Bonchev–Trinajstić information content (AvgIpc) is 3.63. The summed E-state index contributed by atoms with van der Waals surface area (Å²) in [5.74, 6) is -0.135. The van der Waals surface area contributed by atoms with Gasteiger partial charge in [-0.05, 0) is 98.5 Å². The number of unbranched alkanes of at least 4 members (excludes halogenated alkanes) is 3. The second kappa shape index (κ2) is 21.0. The highest BCUT2D eigenvalue weighted by atomic mass is 16.2. The lowest BCUT2D eigenvalue weighted by atomic mass is 9.91. The van der Waals surface area contributed by atoms with Gasteiger partial charge in [0.2, 0.25) is 23.6 Å². The molecule has 3 saturated heterocycles. The lowest BCUT2D eigenvalue weighted by Crippen LogP contribution is -2.52. The molecule has 3 fully saturated rings. The molecule has 1 unspecified atom stereocenters. The van der Waals surface area contributed by atoms with Crippen molar-refractivity contribution in [3.05, 3.63) is 95.3 Å². The third kappa shape index (κ3) is 11.4. The van der Waals surface area contributed by atoms with Gasteiger partial charge >= 0.3 is 0 Å². The minimum absolute atomic E-state index is 0.0803. The second-order valence-corrected chi connectivity index (χ2v) is 16.5. The van der Waals surface area contributed by atoms with Crippen molar-refractivity contribution in [2.45, 2.75) is 83.2 Å². The molecule has 322 valence electrons. The number of aromatic nitrogens is 1. The van der Waals surface area contributed by atoms with E-state index in [-0.39, 0.29) is 36.0 Å².